The lowest BCUT2D eigenvalue weighted by atomic mass is 9.84. The Morgan fingerprint density at radius 2 is 1.17 bits per heavy atom. The first-order valence-electron chi connectivity index (χ1n) is 17.8. The summed E-state index contributed by atoms with van der Waals surface area (Å²) in [7, 11) is 0. The van der Waals surface area contributed by atoms with Gasteiger partial charge < -0.3 is 19.5 Å². The van der Waals surface area contributed by atoms with Crippen LogP contribution in [0.3, 0.4) is 0 Å². The lowest BCUT2D eigenvalue weighted by molar-refractivity contribution is -0.151. The van der Waals surface area contributed by atoms with E-state index in [1.807, 2.05) is 0 Å². The molecule has 0 radical (unpaired) electrons. The smallest absolute Gasteiger partial charge is 0.306 e. The number of carbonyl (C=O) groups excluding carboxylic acids is 2. The second-order valence-electron chi connectivity index (χ2n) is 12.5. The van der Waals surface area contributed by atoms with Crippen LogP contribution in [-0.2, 0) is 19.1 Å². The van der Waals surface area contributed by atoms with Gasteiger partial charge in [-0.15, -0.1) is 0 Å². The minimum atomic E-state index is -0.0407. The number of aliphatic hydroxyl groups is 1. The van der Waals surface area contributed by atoms with Crippen LogP contribution >= 0.6 is 0 Å². The minimum Gasteiger partial charge on any atom is -0.466 e. The Balaban J connectivity index is 1.95. The van der Waals surface area contributed by atoms with Gasteiger partial charge in [-0.3, -0.25) is 9.59 Å². The standard InChI is InChI=1S/C35H67NO5/c1-3-5-7-19-31-40-34(38)21-15-10-8-12-17-27-36(29-30-37)28-18-13-9-11-16-22-35(39)41-33-25-23-32(24-26-33)20-14-6-4-2/h32-33,37H,3-31H2,1-2H3. The summed E-state index contributed by atoms with van der Waals surface area (Å²) in [6.07, 6.45) is 26.7. The molecule has 0 aromatic rings. The maximum absolute atomic E-state index is 12.3. The molecule has 0 unspecified atom stereocenters. The van der Waals surface area contributed by atoms with E-state index in [1.165, 1.54) is 64.2 Å². The predicted octanol–water partition coefficient (Wildman–Crippen LogP) is 8.77. The van der Waals surface area contributed by atoms with Crippen molar-refractivity contribution in [3.05, 3.63) is 0 Å². The van der Waals surface area contributed by atoms with Crippen LogP contribution in [0.5, 0.6) is 0 Å². The number of hydrogen-bond acceptors (Lipinski definition) is 6. The van der Waals surface area contributed by atoms with E-state index in [0.717, 1.165) is 103 Å². The van der Waals surface area contributed by atoms with Crippen LogP contribution in [0.2, 0.25) is 0 Å². The summed E-state index contributed by atoms with van der Waals surface area (Å²) in [6, 6.07) is 0. The normalized spacial score (nSPS) is 17.2. The van der Waals surface area contributed by atoms with Gasteiger partial charge in [-0.1, -0.05) is 97.3 Å². The molecule has 1 rings (SSSR count). The molecule has 1 fully saturated rings. The largest absolute Gasteiger partial charge is 0.466 e. The van der Waals surface area contributed by atoms with E-state index < -0.39 is 0 Å². The zero-order chi connectivity index (χ0) is 29.8. The lowest BCUT2D eigenvalue weighted by Gasteiger charge is -2.28. The van der Waals surface area contributed by atoms with Gasteiger partial charge in [-0.25, -0.2) is 0 Å². The Morgan fingerprint density at radius 3 is 1.78 bits per heavy atom. The summed E-state index contributed by atoms with van der Waals surface area (Å²) in [6.45, 7) is 8.05. The minimum absolute atomic E-state index is 0.00583. The van der Waals surface area contributed by atoms with Crippen LogP contribution < -0.4 is 0 Å². The Morgan fingerprint density at radius 1 is 0.634 bits per heavy atom. The molecule has 1 N–H and O–H groups in total. The molecule has 0 heterocycles. The Kier molecular flexibility index (Phi) is 25.6. The van der Waals surface area contributed by atoms with Gasteiger partial charge in [-0.2, -0.15) is 0 Å². The molecule has 0 spiro atoms. The summed E-state index contributed by atoms with van der Waals surface area (Å²) in [5.74, 6) is 0.815. The fourth-order valence-corrected chi connectivity index (χ4v) is 6.00. The number of hydrogen-bond donors (Lipinski definition) is 1. The van der Waals surface area contributed by atoms with Crippen LogP contribution in [0, 0.1) is 5.92 Å². The summed E-state index contributed by atoms with van der Waals surface area (Å²) >= 11 is 0. The van der Waals surface area contributed by atoms with Crippen molar-refractivity contribution in [2.24, 2.45) is 5.92 Å². The van der Waals surface area contributed by atoms with Crippen LogP contribution in [-0.4, -0.2) is 60.9 Å². The molecule has 1 aliphatic carbocycles. The molecule has 0 aromatic carbocycles. The Bertz CT molecular complexity index is 605. The molecule has 0 aromatic heterocycles. The van der Waals surface area contributed by atoms with Crippen molar-refractivity contribution in [1.82, 2.24) is 4.90 Å². The molecular formula is C35H67NO5. The Labute approximate surface area is 253 Å². The third-order valence-electron chi connectivity index (χ3n) is 8.70. The highest BCUT2D eigenvalue weighted by atomic mass is 16.5. The SMILES string of the molecule is CCCCCCOC(=O)CCCCCCCN(CCO)CCCCCCCC(=O)OC1CCC(CCCCC)CC1. The van der Waals surface area contributed by atoms with Crippen LogP contribution in [0.1, 0.15) is 168 Å². The van der Waals surface area contributed by atoms with E-state index in [4.69, 9.17) is 9.47 Å². The van der Waals surface area contributed by atoms with E-state index in [9.17, 15) is 14.7 Å². The van der Waals surface area contributed by atoms with Crippen molar-refractivity contribution in [2.75, 3.05) is 32.8 Å². The summed E-state index contributed by atoms with van der Waals surface area (Å²) in [5.41, 5.74) is 0. The highest BCUT2D eigenvalue weighted by Crippen LogP contribution is 2.30. The van der Waals surface area contributed by atoms with Crippen LogP contribution in [0.25, 0.3) is 0 Å². The lowest BCUT2D eigenvalue weighted by Crippen LogP contribution is -2.29. The van der Waals surface area contributed by atoms with E-state index in [1.54, 1.807) is 0 Å². The quantitative estimate of drug-likeness (QED) is 0.0735. The first-order valence-corrected chi connectivity index (χ1v) is 17.8. The zero-order valence-corrected chi connectivity index (χ0v) is 27.2. The van der Waals surface area contributed by atoms with Crippen molar-refractivity contribution in [3.63, 3.8) is 0 Å². The van der Waals surface area contributed by atoms with E-state index in [0.29, 0.717) is 19.4 Å². The maximum atomic E-state index is 12.3. The summed E-state index contributed by atoms with van der Waals surface area (Å²) in [5, 5.41) is 9.43. The molecular weight excluding hydrogens is 514 g/mol. The third kappa shape index (κ3) is 23.0. The molecule has 0 aliphatic heterocycles. The number of ether oxygens (including phenoxy) is 2. The summed E-state index contributed by atoms with van der Waals surface area (Å²) < 4.78 is 11.1. The van der Waals surface area contributed by atoms with Gasteiger partial charge in [0.1, 0.15) is 6.10 Å². The van der Waals surface area contributed by atoms with Gasteiger partial charge in [0.15, 0.2) is 0 Å². The maximum Gasteiger partial charge on any atom is 0.306 e. The number of nitrogens with zero attached hydrogens (tertiary/aromatic N) is 1. The number of carbonyl (C=O) groups is 2. The number of unbranched alkanes of at least 4 members (excludes halogenated alkanes) is 13. The molecule has 0 bridgehead atoms. The van der Waals surface area contributed by atoms with Gasteiger partial charge in [0, 0.05) is 19.4 Å². The first-order chi connectivity index (χ1) is 20.1. The molecule has 0 amide bonds. The van der Waals surface area contributed by atoms with Crippen molar-refractivity contribution in [2.45, 2.75) is 174 Å². The Hall–Kier alpha value is -1.14. The van der Waals surface area contributed by atoms with Gasteiger partial charge in [-0.05, 0) is 76.8 Å². The average Bonchev–Trinajstić information content (AvgIpc) is 2.97. The zero-order valence-electron chi connectivity index (χ0n) is 27.2. The highest BCUT2D eigenvalue weighted by molar-refractivity contribution is 5.69. The van der Waals surface area contributed by atoms with Crippen molar-refractivity contribution in [3.8, 4) is 0 Å². The van der Waals surface area contributed by atoms with Crippen molar-refractivity contribution in [1.29, 1.82) is 0 Å². The molecule has 41 heavy (non-hydrogen) atoms. The van der Waals surface area contributed by atoms with E-state index >= 15 is 0 Å². The number of rotatable bonds is 28. The molecule has 0 saturated heterocycles. The second kappa shape index (κ2) is 27.7. The topological polar surface area (TPSA) is 76.1 Å². The number of esters is 2. The number of aliphatic hydroxyl groups excluding tert-OH is 1. The van der Waals surface area contributed by atoms with Crippen LogP contribution in [0.15, 0.2) is 0 Å². The third-order valence-corrected chi connectivity index (χ3v) is 8.70. The van der Waals surface area contributed by atoms with E-state index in [-0.39, 0.29) is 24.6 Å². The van der Waals surface area contributed by atoms with Crippen LogP contribution in [0.4, 0.5) is 0 Å². The molecule has 1 saturated carbocycles. The summed E-state index contributed by atoms with van der Waals surface area (Å²) in [4.78, 5) is 26.4. The van der Waals surface area contributed by atoms with Gasteiger partial charge >= 0.3 is 11.9 Å². The van der Waals surface area contributed by atoms with Crippen molar-refractivity contribution >= 4 is 11.9 Å². The van der Waals surface area contributed by atoms with Gasteiger partial charge in [0.05, 0.1) is 13.2 Å². The van der Waals surface area contributed by atoms with Gasteiger partial charge in [0.2, 0.25) is 0 Å². The van der Waals surface area contributed by atoms with E-state index in [2.05, 4.69) is 18.7 Å². The predicted molar refractivity (Wildman–Crippen MR) is 170 cm³/mol. The molecule has 1 aliphatic rings. The monoisotopic (exact) mass is 582 g/mol. The average molecular weight is 582 g/mol. The fraction of sp³-hybridized carbons (Fsp3) is 0.943. The first kappa shape index (κ1) is 37.9. The van der Waals surface area contributed by atoms with Crippen molar-refractivity contribution < 1.29 is 24.2 Å². The fourth-order valence-electron chi connectivity index (χ4n) is 6.00. The molecule has 6 nitrogen and oxygen atoms in total. The highest BCUT2D eigenvalue weighted by Gasteiger charge is 2.23. The molecule has 0 atom stereocenters. The second-order valence-corrected chi connectivity index (χ2v) is 12.5. The molecule has 242 valence electrons. The van der Waals surface area contributed by atoms with Gasteiger partial charge in [0.25, 0.3) is 0 Å². The molecule has 6 heteroatoms.